The molecule has 1 heterocycles. The van der Waals surface area contributed by atoms with Crippen molar-refractivity contribution < 1.29 is 4.79 Å². The molecule has 0 saturated heterocycles. The molecule has 0 atom stereocenters. The summed E-state index contributed by atoms with van der Waals surface area (Å²) in [4.78, 5) is 27.1. The molecule has 0 fully saturated rings. The molecule has 0 amide bonds. The lowest BCUT2D eigenvalue weighted by molar-refractivity contribution is 0.0904. The minimum atomic E-state index is -0.421. The molecular weight excluding hydrogens is 278 g/mol. The van der Waals surface area contributed by atoms with E-state index in [1.807, 2.05) is 31.2 Å². The van der Waals surface area contributed by atoms with Crippen molar-refractivity contribution in [2.45, 2.75) is 19.8 Å². The molecule has 2 aromatic carbocycles. The maximum Gasteiger partial charge on any atom is 0.333 e. The van der Waals surface area contributed by atoms with Crippen LogP contribution in [0.4, 0.5) is 5.69 Å². The zero-order valence-corrected chi connectivity index (χ0v) is 12.3. The number of carbonyl (C=O) groups excluding carboxylic acids is 1. The van der Waals surface area contributed by atoms with Gasteiger partial charge in [-0.3, -0.25) is 4.79 Å². The van der Waals surface area contributed by atoms with E-state index in [0.717, 1.165) is 11.1 Å². The van der Waals surface area contributed by atoms with Crippen molar-refractivity contribution in [3.63, 3.8) is 0 Å². The Hall–Kier alpha value is -2.82. The number of nitrogens with one attached hydrogen (secondary N) is 1. The summed E-state index contributed by atoms with van der Waals surface area (Å²) in [6.45, 7) is 2.01. The van der Waals surface area contributed by atoms with E-state index >= 15 is 0 Å². The number of fused-ring (bicyclic) bond motifs is 1. The molecule has 3 aromatic rings. The fourth-order valence-corrected chi connectivity index (χ4v) is 2.61. The number of carbonyl (C=O) groups is 1. The smallest absolute Gasteiger partial charge is 0.333 e. The van der Waals surface area contributed by atoms with Gasteiger partial charge in [0.05, 0.1) is 11.0 Å². The summed E-state index contributed by atoms with van der Waals surface area (Å²) in [5.41, 5.74) is 9.21. The number of aromatic nitrogens is 2. The molecule has 0 unspecified atom stereocenters. The van der Waals surface area contributed by atoms with E-state index in [-0.39, 0.29) is 12.3 Å². The molecule has 0 radical (unpaired) electrons. The number of hydrogen-bond donors (Lipinski definition) is 2. The number of aromatic amines is 1. The first-order valence-electron chi connectivity index (χ1n) is 7.13. The van der Waals surface area contributed by atoms with Gasteiger partial charge >= 0.3 is 5.69 Å². The number of aryl methyl sites for hydroxylation is 2. The molecule has 0 aliphatic heterocycles. The Morgan fingerprint density at radius 1 is 1.23 bits per heavy atom. The molecular formula is C17H17N3O2. The van der Waals surface area contributed by atoms with Crippen LogP contribution in [0.3, 0.4) is 0 Å². The van der Waals surface area contributed by atoms with E-state index in [9.17, 15) is 9.59 Å². The molecule has 0 saturated carbocycles. The van der Waals surface area contributed by atoms with Crippen molar-refractivity contribution in [3.05, 3.63) is 64.1 Å². The molecule has 0 spiro atoms. The second-order valence-electron chi connectivity index (χ2n) is 5.42. The number of H-pyrrole nitrogens is 1. The maximum absolute atomic E-state index is 12.4. The summed E-state index contributed by atoms with van der Waals surface area (Å²) in [6, 6.07) is 13.0. The van der Waals surface area contributed by atoms with Gasteiger partial charge in [0.1, 0.15) is 0 Å². The zero-order chi connectivity index (χ0) is 15.7. The number of rotatable bonds is 3. The van der Waals surface area contributed by atoms with Crippen molar-refractivity contribution in [1.82, 2.24) is 9.55 Å². The first kappa shape index (κ1) is 14.1. The minimum Gasteiger partial charge on any atom is -0.399 e. The number of nitrogens with zero attached hydrogens (tertiary/aromatic N) is 1. The number of benzene rings is 2. The highest BCUT2D eigenvalue weighted by molar-refractivity contribution is 5.91. The van der Waals surface area contributed by atoms with E-state index in [4.69, 9.17) is 5.73 Å². The van der Waals surface area contributed by atoms with Crippen LogP contribution in [-0.4, -0.2) is 15.5 Å². The summed E-state index contributed by atoms with van der Waals surface area (Å²) >= 11 is 0. The second-order valence-corrected chi connectivity index (χ2v) is 5.42. The minimum absolute atomic E-state index is 0.220. The van der Waals surface area contributed by atoms with Gasteiger partial charge < -0.3 is 10.7 Å². The van der Waals surface area contributed by atoms with Gasteiger partial charge in [0.25, 0.3) is 0 Å². The summed E-state index contributed by atoms with van der Waals surface area (Å²) in [7, 11) is 0. The van der Waals surface area contributed by atoms with Gasteiger partial charge in [-0.2, -0.15) is 0 Å². The lowest BCUT2D eigenvalue weighted by atomic mass is 10.1. The highest BCUT2D eigenvalue weighted by atomic mass is 16.2. The van der Waals surface area contributed by atoms with Crippen LogP contribution >= 0.6 is 0 Å². The molecule has 5 nitrogen and oxygen atoms in total. The highest BCUT2D eigenvalue weighted by Crippen LogP contribution is 2.15. The lowest BCUT2D eigenvalue weighted by Crippen LogP contribution is -2.24. The Balaban J connectivity index is 1.86. The molecule has 3 N–H and O–H groups in total. The van der Waals surface area contributed by atoms with Crippen molar-refractivity contribution in [2.24, 2.45) is 0 Å². The van der Waals surface area contributed by atoms with Gasteiger partial charge in [-0.1, -0.05) is 29.8 Å². The standard InChI is InChI=1S/C17H17N3O2/c1-11-3-2-4-12(9-11)5-8-16(21)20-15-7-6-13(18)10-14(15)19-17(20)22/h2-4,6-7,9-10H,5,8,18H2,1H3,(H,19,22). The van der Waals surface area contributed by atoms with Crippen molar-refractivity contribution in [1.29, 1.82) is 0 Å². The number of imidazole rings is 1. The van der Waals surface area contributed by atoms with E-state index in [2.05, 4.69) is 4.98 Å². The number of nitrogens with two attached hydrogens (primary N) is 1. The van der Waals surface area contributed by atoms with Gasteiger partial charge in [0.15, 0.2) is 0 Å². The third-order valence-electron chi connectivity index (χ3n) is 3.67. The van der Waals surface area contributed by atoms with Gasteiger partial charge in [0, 0.05) is 12.1 Å². The topological polar surface area (TPSA) is 80.9 Å². The molecule has 0 bridgehead atoms. The van der Waals surface area contributed by atoms with Gasteiger partial charge in [-0.15, -0.1) is 0 Å². The zero-order valence-electron chi connectivity index (χ0n) is 12.3. The molecule has 22 heavy (non-hydrogen) atoms. The summed E-state index contributed by atoms with van der Waals surface area (Å²) < 4.78 is 1.19. The molecule has 5 heteroatoms. The predicted octanol–water partition coefficient (Wildman–Crippen LogP) is 2.49. The lowest BCUT2D eigenvalue weighted by Gasteiger charge is -2.04. The maximum atomic E-state index is 12.4. The fraction of sp³-hybridized carbons (Fsp3) is 0.176. The number of nitrogen functional groups attached to an aromatic ring is 1. The Kier molecular flexibility index (Phi) is 3.55. The SMILES string of the molecule is Cc1cccc(CCC(=O)n2c(=O)[nH]c3cc(N)ccc32)c1. The van der Waals surface area contributed by atoms with E-state index in [0.29, 0.717) is 23.1 Å². The van der Waals surface area contributed by atoms with Crippen LogP contribution < -0.4 is 11.4 Å². The molecule has 1 aromatic heterocycles. The summed E-state index contributed by atoms with van der Waals surface area (Å²) in [5.74, 6) is -0.220. The first-order chi connectivity index (χ1) is 10.5. The Morgan fingerprint density at radius 2 is 2.05 bits per heavy atom. The quantitative estimate of drug-likeness (QED) is 0.728. The molecule has 0 aliphatic rings. The van der Waals surface area contributed by atoms with E-state index in [1.54, 1.807) is 18.2 Å². The molecule has 3 rings (SSSR count). The van der Waals surface area contributed by atoms with Gasteiger partial charge in [-0.25, -0.2) is 9.36 Å². The van der Waals surface area contributed by atoms with Crippen LogP contribution in [0.1, 0.15) is 22.3 Å². The largest absolute Gasteiger partial charge is 0.399 e. The van der Waals surface area contributed by atoms with Crippen molar-refractivity contribution in [2.75, 3.05) is 5.73 Å². The Morgan fingerprint density at radius 3 is 2.82 bits per heavy atom. The first-order valence-corrected chi connectivity index (χ1v) is 7.13. The van der Waals surface area contributed by atoms with Crippen LogP contribution in [0.25, 0.3) is 11.0 Å². The molecule has 112 valence electrons. The van der Waals surface area contributed by atoms with Crippen molar-refractivity contribution >= 4 is 22.6 Å². The normalized spacial score (nSPS) is 11.0. The van der Waals surface area contributed by atoms with Crippen LogP contribution in [0, 0.1) is 6.92 Å². The Labute approximate surface area is 127 Å². The Bertz CT molecular complexity index is 906. The third-order valence-corrected chi connectivity index (χ3v) is 3.67. The molecule has 0 aliphatic carbocycles. The van der Waals surface area contributed by atoms with Crippen molar-refractivity contribution in [3.8, 4) is 0 Å². The summed E-state index contributed by atoms with van der Waals surface area (Å²) in [5, 5.41) is 0. The number of hydrogen-bond acceptors (Lipinski definition) is 3. The number of anilines is 1. The van der Waals surface area contributed by atoms with Gasteiger partial charge in [-0.05, 0) is 37.1 Å². The fourth-order valence-electron chi connectivity index (χ4n) is 2.61. The van der Waals surface area contributed by atoms with Crippen LogP contribution in [0.2, 0.25) is 0 Å². The van der Waals surface area contributed by atoms with Crippen LogP contribution in [0.5, 0.6) is 0 Å². The average Bonchev–Trinajstić information content (AvgIpc) is 2.80. The van der Waals surface area contributed by atoms with E-state index in [1.165, 1.54) is 4.57 Å². The summed E-state index contributed by atoms with van der Waals surface area (Å²) in [6.07, 6.45) is 0.884. The predicted molar refractivity (Wildman–Crippen MR) is 87.1 cm³/mol. The van der Waals surface area contributed by atoms with E-state index < -0.39 is 5.69 Å². The van der Waals surface area contributed by atoms with Crippen LogP contribution in [-0.2, 0) is 6.42 Å². The highest BCUT2D eigenvalue weighted by Gasteiger charge is 2.14. The van der Waals surface area contributed by atoms with Gasteiger partial charge in [0.2, 0.25) is 5.91 Å². The second kappa shape index (κ2) is 5.52. The third kappa shape index (κ3) is 2.65. The van der Waals surface area contributed by atoms with Crippen LogP contribution in [0.15, 0.2) is 47.3 Å². The average molecular weight is 295 g/mol. The monoisotopic (exact) mass is 295 g/mol.